The number of ether oxygens (including phenoxy) is 2. The van der Waals surface area contributed by atoms with Crippen LogP contribution in [0.15, 0.2) is 60.7 Å². The molecule has 28 heavy (non-hydrogen) atoms. The van der Waals surface area contributed by atoms with Gasteiger partial charge in [0, 0.05) is 21.0 Å². The van der Waals surface area contributed by atoms with E-state index in [9.17, 15) is 0 Å². The molecule has 3 unspecified atom stereocenters. The van der Waals surface area contributed by atoms with Gasteiger partial charge in [-0.1, -0.05) is 48.5 Å². The number of benzene rings is 2. The molecule has 2 aromatic carbocycles. The highest BCUT2D eigenvalue weighted by atomic mass is 31.3. The Hall–Kier alpha value is -0.860. The van der Waals surface area contributed by atoms with Crippen LogP contribution in [0.5, 0.6) is 0 Å². The molecule has 2 aromatic rings. The van der Waals surface area contributed by atoms with Crippen LogP contribution in [0.25, 0.3) is 0 Å². The normalized spacial score (nSPS) is 32.0. The van der Waals surface area contributed by atoms with Crippen molar-refractivity contribution in [2.75, 3.05) is 58.5 Å². The molecule has 0 spiro atoms. The van der Waals surface area contributed by atoms with Crippen LogP contribution in [0.1, 0.15) is 0 Å². The highest BCUT2D eigenvalue weighted by molar-refractivity contribution is 8.05. The summed E-state index contributed by atoms with van der Waals surface area (Å²) in [5, 5.41) is 3.15. The van der Waals surface area contributed by atoms with Gasteiger partial charge in [-0.2, -0.15) is 4.67 Å². The summed E-state index contributed by atoms with van der Waals surface area (Å²) in [6.45, 7) is 7.74. The van der Waals surface area contributed by atoms with E-state index in [2.05, 4.69) is 70.2 Å². The van der Waals surface area contributed by atoms with E-state index >= 15 is 0 Å². The fourth-order valence-corrected chi connectivity index (χ4v) is 16.9. The summed E-state index contributed by atoms with van der Waals surface area (Å²) in [6.07, 6.45) is 0. The molecule has 0 saturated carbocycles. The Bertz CT molecular complexity index is 767. The molecule has 0 N–H and O–H groups in total. The zero-order valence-electron chi connectivity index (χ0n) is 16.3. The van der Waals surface area contributed by atoms with Crippen LogP contribution in [-0.4, -0.2) is 73.6 Å². The Kier molecular flexibility index (Phi) is 5.79. The minimum Gasteiger partial charge on any atom is -0.379 e. The third kappa shape index (κ3) is 3.35. The van der Waals surface area contributed by atoms with Crippen LogP contribution < -0.4 is 10.6 Å². The molecule has 3 aliphatic rings. The monoisotopic (exact) mass is 415 g/mol. The van der Waals surface area contributed by atoms with E-state index in [-0.39, 0.29) is 7.92 Å². The second-order valence-corrected chi connectivity index (χ2v) is 14.4. The first-order valence-electron chi connectivity index (χ1n) is 10.3. The summed E-state index contributed by atoms with van der Waals surface area (Å²) in [4.78, 5) is 2.78. The topological polar surface area (TPSA) is 24.9 Å². The zero-order valence-corrected chi connectivity index (χ0v) is 18.1. The van der Waals surface area contributed by atoms with Crippen molar-refractivity contribution in [1.82, 2.24) is 9.57 Å². The predicted octanol–water partition coefficient (Wildman–Crippen LogP) is 2.97. The van der Waals surface area contributed by atoms with E-state index in [1.807, 2.05) is 0 Å². The molecule has 5 rings (SSSR count). The molecule has 148 valence electrons. The van der Waals surface area contributed by atoms with Crippen molar-refractivity contribution in [3.63, 3.8) is 0 Å². The van der Waals surface area contributed by atoms with E-state index < -0.39 is 7.41 Å². The number of nitrogens with zero attached hydrogens (tertiary/aromatic N) is 2. The van der Waals surface area contributed by atoms with Crippen molar-refractivity contribution in [2.24, 2.45) is 0 Å². The molecule has 0 aromatic heterocycles. The molecule has 3 heterocycles. The average Bonchev–Trinajstić information content (AvgIpc) is 2.76. The van der Waals surface area contributed by atoms with Gasteiger partial charge in [0.05, 0.1) is 39.5 Å². The maximum absolute atomic E-state index is 5.74. The Morgan fingerprint density at radius 2 is 1.32 bits per heavy atom. The van der Waals surface area contributed by atoms with E-state index in [4.69, 9.17) is 9.47 Å². The van der Waals surface area contributed by atoms with Gasteiger partial charge in [0.15, 0.2) is 5.52 Å². The van der Waals surface area contributed by atoms with Crippen molar-refractivity contribution in [3.8, 4) is 0 Å². The molecule has 6 heteroatoms. The largest absolute Gasteiger partial charge is 0.379 e. The zero-order chi connectivity index (χ0) is 18.8. The molecule has 3 saturated heterocycles. The third-order valence-corrected chi connectivity index (χ3v) is 16.6. The smallest absolute Gasteiger partial charge is 0.168 e. The number of hydrogen-bond donors (Lipinski definition) is 0. The Morgan fingerprint density at radius 1 is 0.750 bits per heavy atom. The number of hydrogen-bond acceptors (Lipinski definition) is 4. The molecule has 0 amide bonds. The maximum atomic E-state index is 5.74. The first-order valence-corrected chi connectivity index (χ1v) is 13.9. The maximum Gasteiger partial charge on any atom is 0.168 e. The fourth-order valence-electron chi connectivity index (χ4n) is 4.83. The summed E-state index contributed by atoms with van der Waals surface area (Å²) in [5.74, 6) is 1.35. The Morgan fingerprint density at radius 3 is 1.96 bits per heavy atom. The summed E-state index contributed by atoms with van der Waals surface area (Å²) >= 11 is 0. The van der Waals surface area contributed by atoms with Crippen molar-refractivity contribution >= 4 is 25.9 Å². The summed E-state index contributed by atoms with van der Waals surface area (Å²) in [7, 11) is -1.62. The average molecular weight is 415 g/mol. The Balaban J connectivity index is 1.57. The molecule has 0 aliphatic carbocycles. The SMILES string of the molecule is c1ccc(P2C[P+](c3ccccc3)(N3CCOCC3)C2N2CCOCC2)cc1. The van der Waals surface area contributed by atoms with E-state index in [0.717, 1.165) is 52.6 Å². The van der Waals surface area contributed by atoms with Crippen molar-refractivity contribution in [1.29, 1.82) is 0 Å². The van der Waals surface area contributed by atoms with Crippen molar-refractivity contribution < 1.29 is 9.47 Å². The first-order chi connectivity index (χ1) is 13.9. The van der Waals surface area contributed by atoms with Gasteiger partial charge < -0.3 is 9.47 Å². The second-order valence-electron chi connectivity index (χ2n) is 7.67. The fraction of sp³-hybridized carbons (Fsp3) is 0.455. The van der Waals surface area contributed by atoms with Crippen molar-refractivity contribution in [2.45, 2.75) is 5.52 Å². The predicted molar refractivity (Wildman–Crippen MR) is 119 cm³/mol. The minimum absolute atomic E-state index is 0.178. The van der Waals surface area contributed by atoms with Crippen LogP contribution >= 0.6 is 15.3 Å². The van der Waals surface area contributed by atoms with Crippen LogP contribution in [0.2, 0.25) is 0 Å². The molecule has 3 atom stereocenters. The van der Waals surface area contributed by atoms with Crippen LogP contribution in [-0.2, 0) is 9.47 Å². The molecule has 3 fully saturated rings. The highest BCUT2D eigenvalue weighted by Crippen LogP contribution is 2.87. The molecule has 0 bridgehead atoms. The summed E-state index contributed by atoms with van der Waals surface area (Å²) in [6, 6.07) is 22.7. The van der Waals surface area contributed by atoms with Gasteiger partial charge in [0.1, 0.15) is 18.6 Å². The lowest BCUT2D eigenvalue weighted by Crippen LogP contribution is -2.57. The van der Waals surface area contributed by atoms with E-state index in [0.29, 0.717) is 5.52 Å². The summed E-state index contributed by atoms with van der Waals surface area (Å²) in [5.41, 5.74) is 0.647. The van der Waals surface area contributed by atoms with Gasteiger partial charge in [-0.3, -0.25) is 4.90 Å². The van der Waals surface area contributed by atoms with Crippen molar-refractivity contribution in [3.05, 3.63) is 60.7 Å². The third-order valence-electron chi connectivity index (χ3n) is 6.18. The van der Waals surface area contributed by atoms with E-state index in [1.54, 1.807) is 10.6 Å². The molecular weight excluding hydrogens is 386 g/mol. The lowest BCUT2D eigenvalue weighted by Gasteiger charge is -2.57. The molecule has 0 radical (unpaired) electrons. The highest BCUT2D eigenvalue weighted by Gasteiger charge is 2.68. The number of morpholine rings is 2. The van der Waals surface area contributed by atoms with E-state index in [1.165, 1.54) is 5.90 Å². The minimum atomic E-state index is -1.45. The van der Waals surface area contributed by atoms with Gasteiger partial charge in [0.25, 0.3) is 0 Å². The standard InChI is InChI=1S/C22H29N2O2P2/c1-3-7-20(8-4-1)27-19-28(21-9-5-2-6-10-21,24-13-17-26-18-14-24)22(27)23-11-15-25-16-12-23/h1-10,22H,11-19H2/q+1. The van der Waals surface area contributed by atoms with Crippen LogP contribution in [0.4, 0.5) is 0 Å². The molecule has 4 nitrogen and oxygen atoms in total. The van der Waals surface area contributed by atoms with Gasteiger partial charge in [-0.05, 0) is 17.4 Å². The lowest BCUT2D eigenvalue weighted by atomic mass is 10.4. The van der Waals surface area contributed by atoms with Gasteiger partial charge in [-0.15, -0.1) is 0 Å². The first kappa shape index (κ1) is 19.1. The summed E-state index contributed by atoms with van der Waals surface area (Å²) < 4.78 is 14.3. The quantitative estimate of drug-likeness (QED) is 0.717. The molecular formula is C22H29N2O2P2+. The van der Waals surface area contributed by atoms with Crippen LogP contribution in [0, 0.1) is 0 Å². The lowest BCUT2D eigenvalue weighted by molar-refractivity contribution is 0.0386. The molecule has 3 aliphatic heterocycles. The number of rotatable bonds is 4. The van der Waals surface area contributed by atoms with Crippen LogP contribution in [0.3, 0.4) is 0 Å². The van der Waals surface area contributed by atoms with Gasteiger partial charge >= 0.3 is 0 Å². The van der Waals surface area contributed by atoms with Gasteiger partial charge in [-0.25, -0.2) is 0 Å². The van der Waals surface area contributed by atoms with Gasteiger partial charge in [0.2, 0.25) is 0 Å². The Labute approximate surface area is 170 Å². The second kappa shape index (κ2) is 8.48.